The average molecular weight is 544 g/mol. The van der Waals surface area contributed by atoms with Gasteiger partial charge in [0.2, 0.25) is 5.91 Å². The van der Waals surface area contributed by atoms with E-state index in [2.05, 4.69) is 19.9 Å². The first-order valence-corrected chi connectivity index (χ1v) is 14.6. The van der Waals surface area contributed by atoms with Crippen LogP contribution in [0.3, 0.4) is 0 Å². The Bertz CT molecular complexity index is 1380. The van der Waals surface area contributed by atoms with Gasteiger partial charge in [-0.25, -0.2) is 27.8 Å². The van der Waals surface area contributed by atoms with E-state index in [4.69, 9.17) is 0 Å². The molecule has 38 heavy (non-hydrogen) atoms. The van der Waals surface area contributed by atoms with Crippen molar-refractivity contribution in [2.24, 2.45) is 0 Å². The molecule has 4 heterocycles. The largest absolute Gasteiger partial charge is 0.350 e. The average Bonchev–Trinajstić information content (AvgIpc) is 2.91. The maximum absolute atomic E-state index is 14.0. The zero-order valence-electron chi connectivity index (χ0n) is 22.5. The Morgan fingerprint density at radius 1 is 1.24 bits per heavy atom. The summed E-state index contributed by atoms with van der Waals surface area (Å²) >= 11 is 0. The van der Waals surface area contributed by atoms with E-state index < -0.39 is 20.4 Å². The molecule has 0 unspecified atom stereocenters. The van der Waals surface area contributed by atoms with Crippen molar-refractivity contribution in [2.45, 2.75) is 70.7 Å². The fourth-order valence-corrected chi connectivity index (χ4v) is 6.76. The molecular formula is C26H34FN7O3S. The summed E-state index contributed by atoms with van der Waals surface area (Å²) in [5.41, 5.74) is 0.784. The second-order valence-corrected chi connectivity index (χ2v) is 12.8. The van der Waals surface area contributed by atoms with Crippen LogP contribution in [0.1, 0.15) is 58.6 Å². The van der Waals surface area contributed by atoms with Crippen molar-refractivity contribution in [3.8, 4) is 6.07 Å². The highest BCUT2D eigenvalue weighted by atomic mass is 32.2. The third kappa shape index (κ3) is 4.57. The standard InChI is InChI=1S/C26H34FN7O3S/c1-6-9-32(22-11-19(12-28)21(27)13-29-22)23-20(7-2)24(31-16-30-23)33-14-18(4)34(15-17(33)3)25(35)26(5)8-10-38(26,36)37/h11,13,16-18H,6-10,14-15H2,1-5H3/t17-,18+,26-/m0/s1. The molecule has 2 aliphatic heterocycles. The number of carbonyl (C=O) groups is 1. The Labute approximate surface area is 223 Å². The SMILES string of the molecule is CCCN(c1cc(C#N)c(F)cn1)c1ncnc(N2C[C@@H](C)N(C(=O)[C@]3(C)CCS3(=O)=O)C[C@@H]2C)c1CC. The summed E-state index contributed by atoms with van der Waals surface area (Å²) in [6, 6.07) is 2.95. The predicted molar refractivity (Wildman–Crippen MR) is 142 cm³/mol. The van der Waals surface area contributed by atoms with Crippen LogP contribution >= 0.6 is 0 Å². The molecule has 2 aromatic rings. The Morgan fingerprint density at radius 3 is 2.55 bits per heavy atom. The molecule has 0 saturated carbocycles. The molecule has 12 heteroatoms. The Hall–Kier alpha value is -3.33. The smallest absolute Gasteiger partial charge is 0.244 e. The van der Waals surface area contributed by atoms with Crippen LogP contribution in [0, 0.1) is 17.1 Å². The van der Waals surface area contributed by atoms with E-state index in [0.29, 0.717) is 44.1 Å². The maximum atomic E-state index is 14.0. The first-order valence-electron chi connectivity index (χ1n) is 13.0. The number of anilines is 3. The van der Waals surface area contributed by atoms with Gasteiger partial charge in [-0.1, -0.05) is 13.8 Å². The number of pyridine rings is 1. The zero-order chi connectivity index (χ0) is 27.8. The second kappa shape index (κ2) is 10.4. The molecule has 0 aliphatic carbocycles. The topological polar surface area (TPSA) is 123 Å². The molecule has 3 atom stereocenters. The van der Waals surface area contributed by atoms with E-state index in [-0.39, 0.29) is 29.3 Å². The van der Waals surface area contributed by atoms with Gasteiger partial charge in [0, 0.05) is 43.3 Å². The molecule has 0 bridgehead atoms. The highest BCUT2D eigenvalue weighted by molar-refractivity contribution is 7.95. The van der Waals surface area contributed by atoms with Gasteiger partial charge in [0.15, 0.2) is 15.7 Å². The van der Waals surface area contributed by atoms with Gasteiger partial charge < -0.3 is 14.7 Å². The van der Waals surface area contributed by atoms with Crippen molar-refractivity contribution >= 4 is 33.2 Å². The van der Waals surface area contributed by atoms with Crippen LogP contribution in [0.15, 0.2) is 18.6 Å². The Kier molecular flexibility index (Phi) is 7.61. The van der Waals surface area contributed by atoms with Gasteiger partial charge in [0.25, 0.3) is 0 Å². The molecule has 0 aromatic carbocycles. The van der Waals surface area contributed by atoms with Crippen molar-refractivity contribution in [1.29, 1.82) is 5.26 Å². The minimum absolute atomic E-state index is 0.0513. The van der Waals surface area contributed by atoms with E-state index in [9.17, 15) is 22.9 Å². The van der Waals surface area contributed by atoms with Crippen molar-refractivity contribution in [3.63, 3.8) is 0 Å². The fourth-order valence-electron chi connectivity index (χ4n) is 5.23. The van der Waals surface area contributed by atoms with E-state index in [1.165, 1.54) is 19.3 Å². The van der Waals surface area contributed by atoms with Crippen molar-refractivity contribution < 1.29 is 17.6 Å². The highest BCUT2D eigenvalue weighted by Gasteiger charge is 2.56. The molecule has 0 N–H and O–H groups in total. The normalized spacial score (nSPS) is 24.4. The number of carbonyl (C=O) groups excluding carboxylic acids is 1. The van der Waals surface area contributed by atoms with E-state index in [1.807, 2.05) is 38.7 Å². The fraction of sp³-hybridized carbons (Fsp3) is 0.577. The zero-order valence-corrected chi connectivity index (χ0v) is 23.3. The summed E-state index contributed by atoms with van der Waals surface area (Å²) in [6.45, 7) is 10.9. The maximum Gasteiger partial charge on any atom is 0.244 e. The first-order chi connectivity index (χ1) is 18.0. The molecule has 2 fully saturated rings. The van der Waals surface area contributed by atoms with E-state index in [0.717, 1.165) is 24.0 Å². The van der Waals surface area contributed by atoms with Gasteiger partial charge in [-0.15, -0.1) is 0 Å². The van der Waals surface area contributed by atoms with E-state index in [1.54, 1.807) is 4.90 Å². The summed E-state index contributed by atoms with van der Waals surface area (Å²) in [6.07, 6.45) is 4.25. The number of nitriles is 1. The number of hydrogen-bond acceptors (Lipinski definition) is 9. The first kappa shape index (κ1) is 27.7. The van der Waals surface area contributed by atoms with Gasteiger partial charge in [-0.05, 0) is 40.0 Å². The van der Waals surface area contributed by atoms with Gasteiger partial charge in [0.05, 0.1) is 17.5 Å². The lowest BCUT2D eigenvalue weighted by Gasteiger charge is -2.49. The van der Waals surface area contributed by atoms with Crippen LogP contribution in [0.5, 0.6) is 0 Å². The summed E-state index contributed by atoms with van der Waals surface area (Å²) < 4.78 is 37.4. The van der Waals surface area contributed by atoms with Crippen molar-refractivity contribution in [2.75, 3.05) is 35.2 Å². The quantitative estimate of drug-likeness (QED) is 0.518. The molecule has 204 valence electrons. The number of nitrogens with zero attached hydrogens (tertiary/aromatic N) is 7. The highest BCUT2D eigenvalue weighted by Crippen LogP contribution is 2.38. The Morgan fingerprint density at radius 2 is 1.97 bits per heavy atom. The third-order valence-corrected chi connectivity index (χ3v) is 10.2. The summed E-state index contributed by atoms with van der Waals surface area (Å²) in [4.78, 5) is 32.5. The number of rotatable bonds is 7. The van der Waals surface area contributed by atoms with Gasteiger partial charge in [0.1, 0.15) is 34.6 Å². The summed E-state index contributed by atoms with van der Waals surface area (Å²) in [5, 5.41) is 9.32. The lowest BCUT2D eigenvalue weighted by Crippen LogP contribution is -2.66. The number of hydrogen-bond donors (Lipinski definition) is 0. The van der Waals surface area contributed by atoms with Gasteiger partial charge >= 0.3 is 0 Å². The van der Waals surface area contributed by atoms with Crippen molar-refractivity contribution in [3.05, 3.63) is 35.5 Å². The molecule has 2 saturated heterocycles. The second-order valence-electron chi connectivity index (χ2n) is 10.2. The number of sulfone groups is 1. The van der Waals surface area contributed by atoms with Crippen LogP contribution < -0.4 is 9.80 Å². The van der Waals surface area contributed by atoms with Crippen LogP contribution in [-0.2, 0) is 21.1 Å². The van der Waals surface area contributed by atoms with Crippen LogP contribution in [0.25, 0.3) is 0 Å². The lowest BCUT2D eigenvalue weighted by molar-refractivity contribution is -0.137. The number of halogens is 1. The summed E-state index contributed by atoms with van der Waals surface area (Å²) in [7, 11) is -3.42. The number of aromatic nitrogens is 3. The minimum Gasteiger partial charge on any atom is -0.350 e. The molecule has 0 radical (unpaired) electrons. The minimum atomic E-state index is -3.42. The Balaban J connectivity index is 1.67. The molecule has 1 amide bonds. The number of amides is 1. The lowest BCUT2D eigenvalue weighted by atomic mass is 10.0. The monoisotopic (exact) mass is 543 g/mol. The molecule has 4 rings (SSSR count). The third-order valence-electron chi connectivity index (χ3n) is 7.70. The molecule has 2 aliphatic rings. The van der Waals surface area contributed by atoms with E-state index >= 15 is 0 Å². The van der Waals surface area contributed by atoms with Crippen LogP contribution in [0.4, 0.5) is 21.8 Å². The predicted octanol–water partition coefficient (Wildman–Crippen LogP) is 3.00. The molecular weight excluding hydrogens is 509 g/mol. The van der Waals surface area contributed by atoms with Gasteiger partial charge in [-0.2, -0.15) is 5.26 Å². The molecule has 2 aromatic heterocycles. The van der Waals surface area contributed by atoms with Crippen LogP contribution in [0.2, 0.25) is 0 Å². The molecule has 0 spiro atoms. The van der Waals surface area contributed by atoms with Crippen molar-refractivity contribution in [1.82, 2.24) is 19.9 Å². The summed E-state index contributed by atoms with van der Waals surface area (Å²) in [5.74, 6) is 0.840. The van der Waals surface area contributed by atoms with Gasteiger partial charge in [-0.3, -0.25) is 4.79 Å². The van der Waals surface area contributed by atoms with Crippen LogP contribution in [-0.4, -0.2) is 76.4 Å². The number of piperazine rings is 1. The molecule has 10 nitrogen and oxygen atoms in total.